The summed E-state index contributed by atoms with van der Waals surface area (Å²) in [6.07, 6.45) is 2.39. The van der Waals surface area contributed by atoms with Crippen molar-refractivity contribution in [1.82, 2.24) is 5.32 Å². The summed E-state index contributed by atoms with van der Waals surface area (Å²) in [5, 5.41) is 6.47. The Hall–Kier alpha value is -1.55. The van der Waals surface area contributed by atoms with Crippen molar-refractivity contribution >= 4 is 11.6 Å². The van der Waals surface area contributed by atoms with Crippen LogP contribution >= 0.6 is 0 Å². The van der Waals surface area contributed by atoms with Gasteiger partial charge in [-0.25, -0.2) is 0 Å². The molecule has 1 aliphatic rings. The summed E-state index contributed by atoms with van der Waals surface area (Å²) >= 11 is 0. The van der Waals surface area contributed by atoms with Crippen molar-refractivity contribution in [2.75, 3.05) is 11.9 Å². The van der Waals surface area contributed by atoms with E-state index in [-0.39, 0.29) is 11.9 Å². The normalized spacial score (nSPS) is 17.2. The average molecular weight is 303 g/mol. The molecule has 0 spiro atoms. The minimum Gasteiger partial charge on any atom is -0.382 e. The van der Waals surface area contributed by atoms with E-state index < -0.39 is 0 Å². The highest BCUT2D eigenvalue weighted by atomic mass is 16.1. The van der Waals surface area contributed by atoms with Crippen molar-refractivity contribution < 1.29 is 4.79 Å². The fraction of sp³-hybridized carbons (Fsp3) is 0.611. The molecule has 2 rings (SSSR count). The zero-order chi connectivity index (χ0) is 16.3. The van der Waals surface area contributed by atoms with Crippen LogP contribution in [0, 0.1) is 18.8 Å². The molecule has 1 aromatic rings. The van der Waals surface area contributed by atoms with E-state index in [4.69, 9.17) is 5.73 Å². The third-order valence-corrected chi connectivity index (χ3v) is 4.69. The van der Waals surface area contributed by atoms with Gasteiger partial charge < -0.3 is 16.4 Å². The lowest BCUT2D eigenvalue weighted by Crippen LogP contribution is -2.38. The molecule has 0 radical (unpaired) electrons. The fourth-order valence-corrected chi connectivity index (χ4v) is 2.45. The van der Waals surface area contributed by atoms with E-state index >= 15 is 0 Å². The van der Waals surface area contributed by atoms with Gasteiger partial charge in [-0.15, -0.1) is 0 Å². The standard InChI is InChI=1S/C18H29N3O/c1-11(2)13(4)21-17-7-5-6-15(12(17)3)18(22)20-10-16(19)14-8-9-14/h5-7,11,13-14,16,21H,8-10,19H2,1-4H3,(H,20,22). The van der Waals surface area contributed by atoms with Crippen LogP contribution in [0.4, 0.5) is 5.69 Å². The van der Waals surface area contributed by atoms with E-state index in [1.807, 2.05) is 25.1 Å². The van der Waals surface area contributed by atoms with E-state index in [2.05, 4.69) is 31.4 Å². The molecule has 122 valence electrons. The number of carbonyl (C=O) groups is 1. The summed E-state index contributed by atoms with van der Waals surface area (Å²) in [5.41, 5.74) is 8.79. The minimum absolute atomic E-state index is 0.0329. The molecule has 0 bridgehead atoms. The molecule has 1 amide bonds. The number of anilines is 1. The van der Waals surface area contributed by atoms with Crippen molar-refractivity contribution in [2.45, 2.75) is 52.6 Å². The van der Waals surface area contributed by atoms with Gasteiger partial charge in [-0.2, -0.15) is 0 Å². The van der Waals surface area contributed by atoms with Gasteiger partial charge in [-0.3, -0.25) is 4.79 Å². The summed E-state index contributed by atoms with van der Waals surface area (Å²) in [6.45, 7) is 9.07. The molecule has 2 atom stereocenters. The lowest BCUT2D eigenvalue weighted by Gasteiger charge is -2.21. The van der Waals surface area contributed by atoms with Crippen LogP contribution in [0.25, 0.3) is 0 Å². The van der Waals surface area contributed by atoms with E-state index in [0.717, 1.165) is 16.8 Å². The van der Waals surface area contributed by atoms with Gasteiger partial charge in [0.25, 0.3) is 5.91 Å². The molecule has 1 aliphatic carbocycles. The highest BCUT2D eigenvalue weighted by Crippen LogP contribution is 2.31. The maximum Gasteiger partial charge on any atom is 0.251 e. The van der Waals surface area contributed by atoms with Crippen LogP contribution in [0.2, 0.25) is 0 Å². The predicted molar refractivity (Wildman–Crippen MR) is 92.1 cm³/mol. The van der Waals surface area contributed by atoms with Gasteiger partial charge >= 0.3 is 0 Å². The zero-order valence-electron chi connectivity index (χ0n) is 14.1. The second-order valence-electron chi connectivity index (χ2n) is 6.87. The van der Waals surface area contributed by atoms with E-state index in [9.17, 15) is 4.79 Å². The van der Waals surface area contributed by atoms with Gasteiger partial charge in [-0.05, 0) is 56.2 Å². The van der Waals surface area contributed by atoms with Crippen LogP contribution in [-0.2, 0) is 0 Å². The highest BCUT2D eigenvalue weighted by molar-refractivity contribution is 5.97. The number of nitrogens with two attached hydrogens (primary N) is 1. The quantitative estimate of drug-likeness (QED) is 0.725. The first-order valence-electron chi connectivity index (χ1n) is 8.30. The monoisotopic (exact) mass is 303 g/mol. The SMILES string of the molecule is Cc1c(NC(C)C(C)C)cccc1C(=O)NCC(N)C1CC1. The van der Waals surface area contributed by atoms with E-state index in [0.29, 0.717) is 24.4 Å². The molecule has 0 saturated heterocycles. The number of nitrogens with one attached hydrogen (secondary N) is 2. The predicted octanol–water partition coefficient (Wildman–Crippen LogP) is 2.92. The Kier molecular flexibility index (Phi) is 5.46. The Morgan fingerprint density at radius 2 is 2.00 bits per heavy atom. The first-order valence-corrected chi connectivity index (χ1v) is 8.30. The Labute approximate surface area is 133 Å². The summed E-state index contributed by atoms with van der Waals surface area (Å²) in [7, 11) is 0. The van der Waals surface area contributed by atoms with Crippen molar-refractivity contribution in [3.05, 3.63) is 29.3 Å². The first kappa shape index (κ1) is 16.8. The maximum atomic E-state index is 12.4. The molecule has 0 heterocycles. The van der Waals surface area contributed by atoms with Gasteiger partial charge in [0.15, 0.2) is 0 Å². The lowest BCUT2D eigenvalue weighted by atomic mass is 10.0. The van der Waals surface area contributed by atoms with Gasteiger partial charge in [0.1, 0.15) is 0 Å². The molecule has 0 aliphatic heterocycles. The molecule has 0 aromatic heterocycles. The zero-order valence-corrected chi connectivity index (χ0v) is 14.1. The third kappa shape index (κ3) is 4.23. The summed E-state index contributed by atoms with van der Waals surface area (Å²) in [6, 6.07) is 6.28. The summed E-state index contributed by atoms with van der Waals surface area (Å²) in [5.74, 6) is 1.10. The number of rotatable bonds is 7. The molecule has 1 saturated carbocycles. The van der Waals surface area contributed by atoms with Gasteiger partial charge in [0.2, 0.25) is 0 Å². The van der Waals surface area contributed by atoms with Crippen LogP contribution in [0.1, 0.15) is 49.5 Å². The molecular weight excluding hydrogens is 274 g/mol. The maximum absolute atomic E-state index is 12.4. The van der Waals surface area contributed by atoms with E-state index in [1.165, 1.54) is 12.8 Å². The lowest BCUT2D eigenvalue weighted by molar-refractivity contribution is 0.0949. The Balaban J connectivity index is 2.01. The first-order chi connectivity index (χ1) is 10.4. The molecule has 4 heteroatoms. The highest BCUT2D eigenvalue weighted by Gasteiger charge is 2.28. The van der Waals surface area contributed by atoms with Gasteiger partial charge in [0, 0.05) is 29.9 Å². The van der Waals surface area contributed by atoms with Crippen LogP contribution < -0.4 is 16.4 Å². The number of carbonyl (C=O) groups excluding carboxylic acids is 1. The molecule has 4 nitrogen and oxygen atoms in total. The van der Waals surface area contributed by atoms with Crippen LogP contribution in [0.3, 0.4) is 0 Å². The van der Waals surface area contributed by atoms with Crippen LogP contribution in [0.5, 0.6) is 0 Å². The molecular formula is C18H29N3O. The molecule has 22 heavy (non-hydrogen) atoms. The molecule has 4 N–H and O–H groups in total. The molecule has 1 fully saturated rings. The summed E-state index contributed by atoms with van der Waals surface area (Å²) in [4.78, 5) is 12.4. The van der Waals surface area contributed by atoms with Crippen molar-refractivity contribution in [2.24, 2.45) is 17.6 Å². The average Bonchev–Trinajstić information content (AvgIpc) is 3.31. The summed E-state index contributed by atoms with van der Waals surface area (Å²) < 4.78 is 0. The van der Waals surface area contributed by atoms with Gasteiger partial charge in [-0.1, -0.05) is 19.9 Å². The van der Waals surface area contributed by atoms with Gasteiger partial charge in [0.05, 0.1) is 0 Å². The third-order valence-electron chi connectivity index (χ3n) is 4.69. The number of hydrogen-bond donors (Lipinski definition) is 3. The Bertz CT molecular complexity index is 523. The molecule has 2 unspecified atom stereocenters. The molecule has 1 aromatic carbocycles. The largest absolute Gasteiger partial charge is 0.382 e. The van der Waals surface area contributed by atoms with Crippen molar-refractivity contribution in [3.63, 3.8) is 0 Å². The van der Waals surface area contributed by atoms with Crippen LogP contribution in [0.15, 0.2) is 18.2 Å². The number of benzene rings is 1. The minimum atomic E-state index is -0.0329. The Morgan fingerprint density at radius 1 is 1.32 bits per heavy atom. The topological polar surface area (TPSA) is 67.2 Å². The second kappa shape index (κ2) is 7.14. The van der Waals surface area contributed by atoms with Crippen molar-refractivity contribution in [3.8, 4) is 0 Å². The smallest absolute Gasteiger partial charge is 0.251 e. The fourth-order valence-electron chi connectivity index (χ4n) is 2.45. The van der Waals surface area contributed by atoms with Crippen molar-refractivity contribution in [1.29, 1.82) is 0 Å². The van der Waals surface area contributed by atoms with Crippen LogP contribution in [-0.4, -0.2) is 24.5 Å². The van der Waals surface area contributed by atoms with E-state index in [1.54, 1.807) is 0 Å². The Morgan fingerprint density at radius 3 is 2.59 bits per heavy atom. The number of hydrogen-bond acceptors (Lipinski definition) is 3. The number of amides is 1. The second-order valence-corrected chi connectivity index (χ2v) is 6.87.